The molecule has 3 heterocycles. The van der Waals surface area contributed by atoms with E-state index in [2.05, 4.69) is 4.98 Å². The van der Waals surface area contributed by atoms with Gasteiger partial charge in [-0.1, -0.05) is 24.3 Å². The van der Waals surface area contributed by atoms with Gasteiger partial charge >= 0.3 is 12.4 Å². The summed E-state index contributed by atoms with van der Waals surface area (Å²) >= 11 is 0. The number of alkyl halides is 6. The number of carbonyl (C=O) groups is 1. The number of imidazole rings is 1. The molecule has 11 heteroatoms. The summed E-state index contributed by atoms with van der Waals surface area (Å²) in [5.41, 5.74) is -1.13. The smallest absolute Gasteiger partial charge is 0.368 e. The van der Waals surface area contributed by atoms with E-state index in [1.165, 1.54) is 6.92 Å². The lowest BCUT2D eigenvalue weighted by atomic mass is 9.85. The Balaban J connectivity index is 1.48. The number of aryl methyl sites for hydroxylation is 1. The Kier molecular flexibility index (Phi) is 6.53. The van der Waals surface area contributed by atoms with Crippen LogP contribution in [0, 0.1) is 6.92 Å². The first-order valence-electron chi connectivity index (χ1n) is 12.1. The third-order valence-electron chi connectivity index (χ3n) is 7.52. The van der Waals surface area contributed by atoms with Crippen molar-refractivity contribution in [3.05, 3.63) is 89.0 Å². The number of ether oxygens (including phenoxy) is 1. The van der Waals surface area contributed by atoms with Crippen LogP contribution in [-0.4, -0.2) is 39.0 Å². The van der Waals surface area contributed by atoms with Gasteiger partial charge < -0.3 is 14.2 Å². The van der Waals surface area contributed by atoms with E-state index in [9.17, 15) is 31.1 Å². The molecular formula is C27H25F6N3O2. The molecular weight excluding hydrogens is 512 g/mol. The SMILES string of the molecule is Cc1ccccc1[C@@H]1[C@@H](O[C@H](C)c2cc(C(F)(F)F)cc(C(F)(F)F)c2)CN2C(=O)C(n3ccnc3)C[C@@H]12. The second-order valence-electron chi connectivity index (χ2n) is 9.86. The Morgan fingerprint density at radius 1 is 1.03 bits per heavy atom. The van der Waals surface area contributed by atoms with Crippen LogP contribution in [0.15, 0.2) is 61.2 Å². The molecule has 2 aliphatic heterocycles. The van der Waals surface area contributed by atoms with Crippen molar-refractivity contribution in [1.82, 2.24) is 14.5 Å². The number of fused-ring (bicyclic) bond motifs is 1. The molecule has 202 valence electrons. The Bertz CT molecular complexity index is 1290. The van der Waals surface area contributed by atoms with Gasteiger partial charge in [0.25, 0.3) is 0 Å². The molecule has 2 aliphatic rings. The highest BCUT2D eigenvalue weighted by Gasteiger charge is 2.53. The van der Waals surface area contributed by atoms with Crippen molar-refractivity contribution in [3.8, 4) is 0 Å². The summed E-state index contributed by atoms with van der Waals surface area (Å²) in [5.74, 6) is -0.437. The number of halogens is 6. The maximum atomic E-state index is 13.4. The zero-order chi connectivity index (χ0) is 27.4. The van der Waals surface area contributed by atoms with E-state index in [-0.39, 0.29) is 36.0 Å². The van der Waals surface area contributed by atoms with Gasteiger partial charge in [-0.05, 0) is 55.2 Å². The predicted octanol–water partition coefficient (Wildman–Crippen LogP) is 6.31. The fraction of sp³-hybridized carbons (Fsp3) is 0.407. The van der Waals surface area contributed by atoms with Crippen LogP contribution in [-0.2, 0) is 21.9 Å². The largest absolute Gasteiger partial charge is 0.416 e. The van der Waals surface area contributed by atoms with Crippen molar-refractivity contribution in [3.63, 3.8) is 0 Å². The van der Waals surface area contributed by atoms with Gasteiger partial charge in [0, 0.05) is 30.9 Å². The Morgan fingerprint density at radius 3 is 2.26 bits per heavy atom. The molecule has 5 nitrogen and oxygen atoms in total. The molecule has 5 rings (SSSR count). The van der Waals surface area contributed by atoms with Crippen LogP contribution in [0.5, 0.6) is 0 Å². The highest BCUT2D eigenvalue weighted by Crippen LogP contribution is 2.47. The lowest BCUT2D eigenvalue weighted by molar-refractivity contribution is -0.143. The van der Waals surface area contributed by atoms with Crippen LogP contribution in [0.1, 0.15) is 59.2 Å². The van der Waals surface area contributed by atoms with Crippen molar-refractivity contribution >= 4 is 5.91 Å². The van der Waals surface area contributed by atoms with Gasteiger partial charge in [-0.15, -0.1) is 0 Å². The zero-order valence-electron chi connectivity index (χ0n) is 20.5. The quantitative estimate of drug-likeness (QED) is 0.358. The van der Waals surface area contributed by atoms with E-state index in [0.29, 0.717) is 18.6 Å². The Labute approximate surface area is 215 Å². The van der Waals surface area contributed by atoms with Crippen LogP contribution < -0.4 is 0 Å². The second kappa shape index (κ2) is 9.44. The molecule has 2 aromatic carbocycles. The van der Waals surface area contributed by atoms with Crippen molar-refractivity contribution < 1.29 is 35.9 Å². The van der Waals surface area contributed by atoms with Gasteiger partial charge in [-0.25, -0.2) is 4.98 Å². The van der Waals surface area contributed by atoms with Crippen LogP contribution in [0.3, 0.4) is 0 Å². The first kappa shape index (κ1) is 26.3. The number of nitrogens with zero attached hydrogens (tertiary/aromatic N) is 3. The molecule has 2 fully saturated rings. The van der Waals surface area contributed by atoms with Crippen LogP contribution >= 0.6 is 0 Å². The molecule has 2 saturated heterocycles. The first-order valence-corrected chi connectivity index (χ1v) is 12.1. The highest BCUT2D eigenvalue weighted by atomic mass is 19.4. The summed E-state index contributed by atoms with van der Waals surface area (Å²) in [7, 11) is 0. The molecule has 0 aliphatic carbocycles. The molecule has 1 aromatic heterocycles. The minimum Gasteiger partial charge on any atom is -0.368 e. The van der Waals surface area contributed by atoms with Crippen molar-refractivity contribution in [2.24, 2.45) is 0 Å². The van der Waals surface area contributed by atoms with Crippen molar-refractivity contribution in [1.29, 1.82) is 0 Å². The topological polar surface area (TPSA) is 47.4 Å². The van der Waals surface area contributed by atoms with Crippen LogP contribution in [0.4, 0.5) is 26.3 Å². The minimum atomic E-state index is -4.95. The lowest BCUT2D eigenvalue weighted by Crippen LogP contribution is -2.31. The second-order valence-corrected chi connectivity index (χ2v) is 9.86. The molecule has 3 aromatic rings. The molecule has 0 spiro atoms. The van der Waals surface area contributed by atoms with Gasteiger partial charge in [0.2, 0.25) is 5.91 Å². The molecule has 1 amide bonds. The third kappa shape index (κ3) is 4.79. The normalized spacial score (nSPS) is 24.6. The van der Waals surface area contributed by atoms with Crippen LogP contribution in [0.25, 0.3) is 0 Å². The van der Waals surface area contributed by atoms with Crippen molar-refractivity contribution in [2.45, 2.75) is 62.8 Å². The van der Waals surface area contributed by atoms with E-state index < -0.39 is 41.7 Å². The average molecular weight is 538 g/mol. The minimum absolute atomic E-state index is 0.104. The summed E-state index contributed by atoms with van der Waals surface area (Å²) in [6.07, 6.45) is -6.26. The van der Waals surface area contributed by atoms with Gasteiger partial charge in [0.05, 0.1) is 29.7 Å². The van der Waals surface area contributed by atoms with E-state index in [4.69, 9.17) is 4.74 Å². The van der Waals surface area contributed by atoms with Gasteiger partial charge in [0.1, 0.15) is 6.04 Å². The number of rotatable bonds is 5. The maximum Gasteiger partial charge on any atom is 0.416 e. The van der Waals surface area contributed by atoms with E-state index in [0.717, 1.165) is 11.1 Å². The van der Waals surface area contributed by atoms with E-state index >= 15 is 0 Å². The molecule has 1 unspecified atom stereocenters. The van der Waals surface area contributed by atoms with E-state index in [1.807, 2.05) is 31.2 Å². The highest BCUT2D eigenvalue weighted by molar-refractivity contribution is 5.84. The first-order chi connectivity index (χ1) is 17.8. The van der Waals surface area contributed by atoms with Crippen LogP contribution in [0.2, 0.25) is 0 Å². The summed E-state index contributed by atoms with van der Waals surface area (Å²) in [6, 6.07) is 8.38. The fourth-order valence-electron chi connectivity index (χ4n) is 5.69. The number of hydrogen-bond acceptors (Lipinski definition) is 3. The summed E-state index contributed by atoms with van der Waals surface area (Å²) < 4.78 is 88.5. The number of carbonyl (C=O) groups excluding carboxylic acids is 1. The lowest BCUT2D eigenvalue weighted by Gasteiger charge is -2.28. The summed E-state index contributed by atoms with van der Waals surface area (Å²) in [4.78, 5) is 19.1. The Morgan fingerprint density at radius 2 is 1.68 bits per heavy atom. The Hall–Kier alpha value is -3.34. The number of amides is 1. The van der Waals surface area contributed by atoms with Gasteiger partial charge in [0.15, 0.2) is 0 Å². The predicted molar refractivity (Wildman–Crippen MR) is 125 cm³/mol. The number of aromatic nitrogens is 2. The molecule has 0 saturated carbocycles. The molecule has 0 N–H and O–H groups in total. The summed E-state index contributed by atoms with van der Waals surface area (Å²) in [5, 5.41) is 0. The number of benzene rings is 2. The monoisotopic (exact) mass is 537 g/mol. The molecule has 0 radical (unpaired) electrons. The standard InChI is InChI=1S/C27H25F6N3O2/c1-15-5-3-4-6-20(15)24-21-12-22(35-8-7-34-14-35)25(37)36(21)13-23(24)38-16(2)17-9-18(26(28,29)30)11-19(10-17)27(31,32)33/h3-11,14,16,21-24H,12-13H2,1-2H3/t16-,21+,22?,23+,24+/m1/s1. The molecule has 5 atom stereocenters. The molecule has 0 bridgehead atoms. The van der Waals surface area contributed by atoms with E-state index in [1.54, 1.807) is 28.2 Å². The van der Waals surface area contributed by atoms with Gasteiger partial charge in [-0.3, -0.25) is 4.79 Å². The zero-order valence-corrected chi connectivity index (χ0v) is 20.5. The summed E-state index contributed by atoms with van der Waals surface area (Å²) in [6.45, 7) is 3.53. The average Bonchev–Trinajstić information content (AvgIpc) is 3.56. The third-order valence-corrected chi connectivity index (χ3v) is 7.52. The fourth-order valence-corrected chi connectivity index (χ4v) is 5.69. The molecule has 38 heavy (non-hydrogen) atoms. The van der Waals surface area contributed by atoms with Gasteiger partial charge in [-0.2, -0.15) is 26.3 Å². The maximum absolute atomic E-state index is 13.4. The van der Waals surface area contributed by atoms with Crippen molar-refractivity contribution in [2.75, 3.05) is 6.54 Å². The number of hydrogen-bond donors (Lipinski definition) is 0.